The van der Waals surface area contributed by atoms with E-state index in [4.69, 9.17) is 0 Å². The van der Waals surface area contributed by atoms with Crippen LogP contribution in [0, 0.1) is 0 Å². The molecule has 1 heterocycles. The Morgan fingerprint density at radius 1 is 1.00 bits per heavy atom. The van der Waals surface area contributed by atoms with E-state index in [1.807, 2.05) is 24.3 Å². The van der Waals surface area contributed by atoms with Gasteiger partial charge >= 0.3 is 0 Å². The van der Waals surface area contributed by atoms with Gasteiger partial charge in [-0.05, 0) is 42.5 Å². The first-order chi connectivity index (χ1) is 13.2. The number of benzene rings is 2. The van der Waals surface area contributed by atoms with Gasteiger partial charge < -0.3 is 5.32 Å². The van der Waals surface area contributed by atoms with Crippen molar-refractivity contribution in [2.45, 2.75) is 30.4 Å². The molecule has 28 heavy (non-hydrogen) atoms. The predicted octanol–water partition coefficient (Wildman–Crippen LogP) is 3.67. The van der Waals surface area contributed by atoms with Gasteiger partial charge in [0, 0.05) is 33.0 Å². The molecule has 144 valence electrons. The SMILES string of the molecule is CC(C)(C)Sc1ccc(NC(=O)c2cccc(-n3[nH]c(=O)ccc3=O)c2)cc1. The molecule has 3 rings (SSSR count). The number of carbonyl (C=O) groups is 1. The molecule has 2 aromatic carbocycles. The largest absolute Gasteiger partial charge is 0.322 e. The number of aromatic nitrogens is 2. The van der Waals surface area contributed by atoms with Crippen LogP contribution in [-0.2, 0) is 0 Å². The Morgan fingerprint density at radius 2 is 1.71 bits per heavy atom. The number of anilines is 1. The molecule has 0 saturated heterocycles. The highest BCUT2D eigenvalue weighted by Crippen LogP contribution is 2.32. The Morgan fingerprint density at radius 3 is 2.39 bits per heavy atom. The predicted molar refractivity (Wildman–Crippen MR) is 113 cm³/mol. The number of amides is 1. The van der Waals surface area contributed by atoms with E-state index >= 15 is 0 Å². The van der Waals surface area contributed by atoms with Crippen LogP contribution in [0.5, 0.6) is 0 Å². The number of rotatable bonds is 4. The number of aromatic amines is 1. The minimum absolute atomic E-state index is 0.113. The van der Waals surface area contributed by atoms with Crippen molar-refractivity contribution in [1.29, 1.82) is 0 Å². The Hall–Kier alpha value is -3.06. The first-order valence-corrected chi connectivity index (χ1v) is 9.56. The average Bonchev–Trinajstić information content (AvgIpc) is 2.64. The molecule has 7 heteroatoms. The molecule has 2 N–H and O–H groups in total. The van der Waals surface area contributed by atoms with E-state index in [2.05, 4.69) is 31.2 Å². The molecule has 0 saturated carbocycles. The first kappa shape index (κ1) is 19.7. The Labute approximate surface area is 166 Å². The summed E-state index contributed by atoms with van der Waals surface area (Å²) in [5.74, 6) is -0.301. The minimum Gasteiger partial charge on any atom is -0.322 e. The number of thioether (sulfide) groups is 1. The summed E-state index contributed by atoms with van der Waals surface area (Å²) in [6, 6.07) is 16.5. The molecule has 1 amide bonds. The lowest BCUT2D eigenvalue weighted by atomic mass is 10.2. The summed E-state index contributed by atoms with van der Waals surface area (Å²) >= 11 is 1.75. The van der Waals surface area contributed by atoms with Crippen molar-refractivity contribution >= 4 is 23.4 Å². The minimum atomic E-state index is -0.400. The van der Waals surface area contributed by atoms with Crippen LogP contribution >= 0.6 is 11.8 Å². The van der Waals surface area contributed by atoms with E-state index in [0.29, 0.717) is 16.9 Å². The Bertz CT molecular complexity index is 1110. The van der Waals surface area contributed by atoms with Crippen molar-refractivity contribution in [3.8, 4) is 5.69 Å². The molecule has 0 bridgehead atoms. The second-order valence-electron chi connectivity index (χ2n) is 7.23. The number of nitrogens with zero attached hydrogens (tertiary/aromatic N) is 1. The van der Waals surface area contributed by atoms with Crippen LogP contribution in [0.1, 0.15) is 31.1 Å². The fraction of sp³-hybridized carbons (Fsp3) is 0.190. The molecule has 0 radical (unpaired) electrons. The normalized spacial score (nSPS) is 11.2. The van der Waals surface area contributed by atoms with E-state index in [0.717, 1.165) is 15.6 Å². The maximum absolute atomic E-state index is 12.6. The molecule has 0 fully saturated rings. The smallest absolute Gasteiger partial charge is 0.269 e. The maximum Gasteiger partial charge on any atom is 0.269 e. The Kier molecular flexibility index (Phi) is 5.56. The number of hydrogen-bond acceptors (Lipinski definition) is 4. The van der Waals surface area contributed by atoms with Crippen molar-refractivity contribution in [2.75, 3.05) is 5.32 Å². The van der Waals surface area contributed by atoms with E-state index in [1.54, 1.807) is 36.0 Å². The summed E-state index contributed by atoms with van der Waals surface area (Å²) in [6.07, 6.45) is 0. The molecule has 0 unspecified atom stereocenters. The van der Waals surface area contributed by atoms with Crippen molar-refractivity contribution in [3.05, 3.63) is 86.9 Å². The molecule has 0 atom stereocenters. The summed E-state index contributed by atoms with van der Waals surface area (Å²) in [5.41, 5.74) is 0.681. The van der Waals surface area contributed by atoms with Crippen molar-refractivity contribution in [2.24, 2.45) is 0 Å². The number of hydrogen-bond donors (Lipinski definition) is 2. The van der Waals surface area contributed by atoms with E-state index in [1.165, 1.54) is 6.07 Å². The lowest BCUT2D eigenvalue weighted by molar-refractivity contribution is 0.102. The highest BCUT2D eigenvalue weighted by Gasteiger charge is 2.12. The number of carbonyl (C=O) groups excluding carboxylic acids is 1. The third kappa shape index (κ3) is 5.01. The summed E-state index contributed by atoms with van der Waals surface area (Å²) in [7, 11) is 0. The maximum atomic E-state index is 12.6. The van der Waals surface area contributed by atoms with Crippen LogP contribution in [0.25, 0.3) is 5.69 Å². The fourth-order valence-electron chi connectivity index (χ4n) is 2.57. The second kappa shape index (κ2) is 7.90. The molecule has 0 aliphatic rings. The van der Waals surface area contributed by atoms with E-state index in [9.17, 15) is 14.4 Å². The van der Waals surface area contributed by atoms with Crippen LogP contribution < -0.4 is 16.4 Å². The van der Waals surface area contributed by atoms with Crippen LogP contribution in [-0.4, -0.2) is 20.4 Å². The van der Waals surface area contributed by atoms with E-state index in [-0.39, 0.29) is 16.2 Å². The van der Waals surface area contributed by atoms with Gasteiger partial charge in [-0.3, -0.25) is 19.5 Å². The fourth-order valence-corrected chi connectivity index (χ4v) is 3.54. The highest BCUT2D eigenvalue weighted by atomic mass is 32.2. The van der Waals surface area contributed by atoms with Crippen LogP contribution in [0.2, 0.25) is 0 Å². The Balaban J connectivity index is 1.79. The van der Waals surface area contributed by atoms with Crippen LogP contribution in [0.4, 0.5) is 5.69 Å². The van der Waals surface area contributed by atoms with E-state index < -0.39 is 5.56 Å². The highest BCUT2D eigenvalue weighted by molar-refractivity contribution is 8.00. The van der Waals surface area contributed by atoms with Gasteiger partial charge in [0.25, 0.3) is 17.0 Å². The summed E-state index contributed by atoms with van der Waals surface area (Å²) < 4.78 is 1.22. The topological polar surface area (TPSA) is 84.0 Å². The van der Waals surface area contributed by atoms with Crippen molar-refractivity contribution in [3.63, 3.8) is 0 Å². The zero-order valence-corrected chi connectivity index (χ0v) is 16.7. The van der Waals surface area contributed by atoms with Gasteiger partial charge in [-0.2, -0.15) is 0 Å². The third-order valence-corrected chi connectivity index (χ3v) is 4.84. The zero-order chi connectivity index (χ0) is 20.3. The monoisotopic (exact) mass is 395 g/mol. The average molecular weight is 395 g/mol. The van der Waals surface area contributed by atoms with Gasteiger partial charge in [0.05, 0.1) is 5.69 Å². The molecular formula is C21H21N3O3S. The summed E-state index contributed by atoms with van der Waals surface area (Å²) in [4.78, 5) is 37.2. The van der Waals surface area contributed by atoms with Gasteiger partial charge in [0.2, 0.25) is 0 Å². The molecule has 0 aliphatic carbocycles. The van der Waals surface area contributed by atoms with Crippen LogP contribution in [0.3, 0.4) is 0 Å². The lowest BCUT2D eigenvalue weighted by Gasteiger charge is -2.17. The van der Waals surface area contributed by atoms with Crippen LogP contribution in [0.15, 0.2) is 75.1 Å². The molecule has 3 aromatic rings. The summed E-state index contributed by atoms with van der Waals surface area (Å²) in [6.45, 7) is 6.43. The molecular weight excluding hydrogens is 374 g/mol. The lowest BCUT2D eigenvalue weighted by Crippen LogP contribution is -2.26. The standard InChI is InChI=1S/C21H21N3O3S/c1-21(2,3)28-17-9-7-15(8-10-17)22-20(27)14-5-4-6-16(13-14)24-19(26)12-11-18(25)23-24/h4-13H,1-3H3,(H,22,27)(H,23,25). The van der Waals surface area contributed by atoms with Crippen molar-refractivity contribution in [1.82, 2.24) is 9.78 Å². The number of H-pyrrole nitrogens is 1. The quantitative estimate of drug-likeness (QED) is 0.660. The molecule has 0 aliphatic heterocycles. The third-order valence-electron chi connectivity index (χ3n) is 3.72. The second-order valence-corrected chi connectivity index (χ2v) is 9.13. The van der Waals surface area contributed by atoms with Gasteiger partial charge in [0.15, 0.2) is 0 Å². The number of nitrogens with one attached hydrogen (secondary N) is 2. The van der Waals surface area contributed by atoms with Gasteiger partial charge in [-0.15, -0.1) is 11.8 Å². The van der Waals surface area contributed by atoms with Gasteiger partial charge in [0.1, 0.15) is 0 Å². The summed E-state index contributed by atoms with van der Waals surface area (Å²) in [5, 5.41) is 5.29. The van der Waals surface area contributed by atoms with Gasteiger partial charge in [-0.1, -0.05) is 26.8 Å². The zero-order valence-electron chi connectivity index (χ0n) is 15.9. The first-order valence-electron chi connectivity index (χ1n) is 8.74. The van der Waals surface area contributed by atoms with Crippen molar-refractivity contribution < 1.29 is 4.79 Å². The molecule has 6 nitrogen and oxygen atoms in total. The molecule has 0 spiro atoms. The van der Waals surface area contributed by atoms with Gasteiger partial charge in [-0.25, -0.2) is 4.68 Å². The molecule has 1 aromatic heterocycles.